The molecule has 1 rings (SSSR count). The van der Waals surface area contributed by atoms with Crippen molar-refractivity contribution in [2.24, 2.45) is 0 Å². The average molecular weight is 308 g/mol. The number of piperidine rings is 1. The van der Waals surface area contributed by atoms with E-state index in [2.05, 4.69) is 4.72 Å². The van der Waals surface area contributed by atoms with Crippen molar-refractivity contribution in [2.45, 2.75) is 57.6 Å². The van der Waals surface area contributed by atoms with E-state index in [0.717, 1.165) is 10.7 Å². The molecule has 2 atom stereocenters. The number of nitrogens with one attached hydrogen (secondary N) is 1. The predicted octanol–water partition coefficient (Wildman–Crippen LogP) is 0.311. The Morgan fingerprint density at radius 1 is 1.45 bits per heavy atom. The van der Waals surface area contributed by atoms with Crippen LogP contribution in [-0.2, 0) is 15.0 Å². The lowest BCUT2D eigenvalue weighted by molar-refractivity contribution is -0.142. The summed E-state index contributed by atoms with van der Waals surface area (Å²) in [4.78, 5) is 11.1. The van der Waals surface area contributed by atoms with E-state index in [1.165, 1.54) is 0 Å². The van der Waals surface area contributed by atoms with E-state index in [9.17, 15) is 18.3 Å². The van der Waals surface area contributed by atoms with E-state index >= 15 is 0 Å². The van der Waals surface area contributed by atoms with Gasteiger partial charge in [0.1, 0.15) is 6.04 Å². The number of carbonyl (C=O) groups is 1. The summed E-state index contributed by atoms with van der Waals surface area (Å²) in [7, 11) is -3.89. The highest BCUT2D eigenvalue weighted by molar-refractivity contribution is 7.87. The van der Waals surface area contributed by atoms with Gasteiger partial charge in [-0.3, -0.25) is 4.79 Å². The van der Waals surface area contributed by atoms with E-state index < -0.39 is 27.8 Å². The highest BCUT2D eigenvalue weighted by atomic mass is 32.2. The Bertz CT molecular complexity index is 435. The van der Waals surface area contributed by atoms with Crippen molar-refractivity contribution in [3.63, 3.8) is 0 Å². The Labute approximate surface area is 120 Å². The van der Waals surface area contributed by atoms with E-state index in [4.69, 9.17) is 5.11 Å². The van der Waals surface area contributed by atoms with Gasteiger partial charge in [-0.1, -0.05) is 13.3 Å². The Morgan fingerprint density at radius 3 is 2.65 bits per heavy atom. The second-order valence-corrected chi connectivity index (χ2v) is 7.24. The van der Waals surface area contributed by atoms with Crippen LogP contribution in [0.4, 0.5) is 0 Å². The third kappa shape index (κ3) is 4.69. The first-order valence-electron chi connectivity index (χ1n) is 6.91. The molecule has 2 unspecified atom stereocenters. The lowest BCUT2D eigenvalue weighted by Crippen LogP contribution is -2.54. The minimum atomic E-state index is -3.89. The van der Waals surface area contributed by atoms with E-state index in [1.807, 2.05) is 6.92 Å². The molecule has 8 heteroatoms. The maximum absolute atomic E-state index is 12.2. The average Bonchev–Trinajstić information content (AvgIpc) is 2.37. The third-order valence-electron chi connectivity index (χ3n) is 3.47. The van der Waals surface area contributed by atoms with Crippen molar-refractivity contribution in [3.05, 3.63) is 0 Å². The summed E-state index contributed by atoms with van der Waals surface area (Å²) >= 11 is 0. The molecular weight excluding hydrogens is 284 g/mol. The van der Waals surface area contributed by atoms with Crippen molar-refractivity contribution >= 4 is 16.2 Å². The Hall–Kier alpha value is -0.700. The van der Waals surface area contributed by atoms with Gasteiger partial charge in [0.2, 0.25) is 0 Å². The van der Waals surface area contributed by atoms with E-state index in [-0.39, 0.29) is 13.1 Å². The minimum absolute atomic E-state index is 0.119. The molecule has 1 heterocycles. The van der Waals surface area contributed by atoms with Crippen LogP contribution < -0.4 is 4.72 Å². The number of carboxylic acid groups (broad SMARTS) is 1. The second kappa shape index (κ2) is 6.84. The first kappa shape index (κ1) is 17.4. The van der Waals surface area contributed by atoms with Crippen LogP contribution in [0.15, 0.2) is 0 Å². The van der Waals surface area contributed by atoms with E-state index in [0.29, 0.717) is 25.7 Å². The molecule has 20 heavy (non-hydrogen) atoms. The van der Waals surface area contributed by atoms with Crippen LogP contribution in [0.1, 0.15) is 46.0 Å². The summed E-state index contributed by atoms with van der Waals surface area (Å²) in [6.07, 6.45) is 2.88. The number of aliphatic carboxylic acids is 1. The fourth-order valence-corrected chi connectivity index (χ4v) is 3.96. The molecule has 1 saturated heterocycles. The molecule has 0 aromatic rings. The van der Waals surface area contributed by atoms with Crippen molar-refractivity contribution in [2.75, 3.05) is 13.1 Å². The van der Waals surface area contributed by atoms with Gasteiger partial charge in [0.25, 0.3) is 10.2 Å². The van der Waals surface area contributed by atoms with Crippen LogP contribution >= 0.6 is 0 Å². The van der Waals surface area contributed by atoms with Gasteiger partial charge in [-0.05, 0) is 32.6 Å². The molecule has 1 aliphatic rings. The Kier molecular flexibility index (Phi) is 5.93. The molecule has 118 valence electrons. The Balaban J connectivity index is 2.74. The van der Waals surface area contributed by atoms with Crippen LogP contribution in [0.3, 0.4) is 0 Å². The molecular formula is C12H24N2O5S. The number of hydrogen-bond acceptors (Lipinski definition) is 4. The molecule has 0 spiro atoms. The molecule has 7 nitrogen and oxygen atoms in total. The zero-order valence-electron chi connectivity index (χ0n) is 12.0. The predicted molar refractivity (Wildman–Crippen MR) is 74.4 cm³/mol. The summed E-state index contributed by atoms with van der Waals surface area (Å²) in [5, 5.41) is 19.1. The van der Waals surface area contributed by atoms with Gasteiger partial charge in [0, 0.05) is 13.1 Å². The second-order valence-electron chi connectivity index (χ2n) is 5.53. The Morgan fingerprint density at radius 2 is 2.10 bits per heavy atom. The maximum Gasteiger partial charge on any atom is 0.322 e. The maximum atomic E-state index is 12.2. The number of hydrogen-bond donors (Lipinski definition) is 3. The lowest BCUT2D eigenvalue weighted by atomic mass is 10.0. The molecule has 0 aromatic carbocycles. The van der Waals surface area contributed by atoms with Crippen LogP contribution in [-0.4, -0.2) is 53.6 Å². The fourth-order valence-electron chi connectivity index (χ4n) is 2.40. The van der Waals surface area contributed by atoms with Crippen molar-refractivity contribution in [1.82, 2.24) is 9.03 Å². The molecule has 0 aromatic heterocycles. The highest BCUT2D eigenvalue weighted by Crippen LogP contribution is 2.20. The molecule has 0 radical (unpaired) electrons. The van der Waals surface area contributed by atoms with Gasteiger partial charge >= 0.3 is 5.97 Å². The van der Waals surface area contributed by atoms with Crippen LogP contribution in [0.2, 0.25) is 0 Å². The standard InChI is InChI=1S/C12H24N2O5S/c1-3-7-12(2,17)9-13-20(18,19)14-8-5-4-6-10(14)11(15)16/h10,13,17H,3-9H2,1-2H3,(H,15,16). The molecule has 1 fully saturated rings. The summed E-state index contributed by atoms with van der Waals surface area (Å²) in [6.45, 7) is 3.53. The van der Waals surface area contributed by atoms with E-state index in [1.54, 1.807) is 6.92 Å². The van der Waals surface area contributed by atoms with Gasteiger partial charge < -0.3 is 10.2 Å². The smallest absolute Gasteiger partial charge is 0.322 e. The molecule has 0 aliphatic carbocycles. The zero-order valence-corrected chi connectivity index (χ0v) is 12.8. The lowest BCUT2D eigenvalue weighted by Gasteiger charge is -2.33. The van der Waals surface area contributed by atoms with Crippen molar-refractivity contribution in [3.8, 4) is 0 Å². The van der Waals surface area contributed by atoms with Crippen molar-refractivity contribution in [1.29, 1.82) is 0 Å². The monoisotopic (exact) mass is 308 g/mol. The number of rotatable bonds is 7. The van der Waals surface area contributed by atoms with Gasteiger partial charge in [-0.25, -0.2) is 0 Å². The summed E-state index contributed by atoms with van der Waals surface area (Å²) < 4.78 is 27.7. The molecule has 0 amide bonds. The molecule has 0 saturated carbocycles. The SMILES string of the molecule is CCCC(C)(O)CNS(=O)(=O)N1CCCCC1C(=O)O. The number of aliphatic hydroxyl groups is 1. The van der Waals surface area contributed by atoms with Gasteiger partial charge in [0.15, 0.2) is 0 Å². The number of carboxylic acids is 1. The first-order valence-corrected chi connectivity index (χ1v) is 8.35. The normalized spacial score (nSPS) is 24.2. The van der Waals surface area contributed by atoms with Crippen LogP contribution in [0.5, 0.6) is 0 Å². The quantitative estimate of drug-likeness (QED) is 0.627. The minimum Gasteiger partial charge on any atom is -0.480 e. The van der Waals surface area contributed by atoms with Crippen molar-refractivity contribution < 1.29 is 23.4 Å². The van der Waals surface area contributed by atoms with Crippen LogP contribution in [0, 0.1) is 0 Å². The van der Waals surface area contributed by atoms with Gasteiger partial charge in [-0.2, -0.15) is 17.4 Å². The summed E-state index contributed by atoms with van der Waals surface area (Å²) in [6, 6.07) is -1.02. The molecule has 3 N–H and O–H groups in total. The summed E-state index contributed by atoms with van der Waals surface area (Å²) in [5.41, 5.74) is -1.13. The third-order valence-corrected chi connectivity index (χ3v) is 5.04. The zero-order chi connectivity index (χ0) is 15.4. The van der Waals surface area contributed by atoms with Gasteiger partial charge in [0.05, 0.1) is 5.60 Å². The highest BCUT2D eigenvalue weighted by Gasteiger charge is 2.37. The van der Waals surface area contributed by atoms with Gasteiger partial charge in [-0.15, -0.1) is 0 Å². The first-order chi connectivity index (χ1) is 9.19. The fraction of sp³-hybridized carbons (Fsp3) is 0.917. The molecule has 1 aliphatic heterocycles. The number of nitrogens with zero attached hydrogens (tertiary/aromatic N) is 1. The summed E-state index contributed by atoms with van der Waals surface area (Å²) in [5.74, 6) is -1.13. The largest absolute Gasteiger partial charge is 0.480 e. The van der Waals surface area contributed by atoms with Crippen LogP contribution in [0.25, 0.3) is 0 Å². The molecule has 0 bridgehead atoms. The topological polar surface area (TPSA) is 107 Å².